The Morgan fingerprint density at radius 1 is 1.12 bits per heavy atom. The Bertz CT molecular complexity index is 938. The molecule has 0 spiro atoms. The maximum Gasteiger partial charge on any atom is 0.347 e. The van der Waals surface area contributed by atoms with Gasteiger partial charge in [-0.15, -0.1) is 0 Å². The largest absolute Gasteiger partial charge is 0.490 e. The predicted molar refractivity (Wildman–Crippen MR) is 102 cm³/mol. The molecule has 0 saturated carbocycles. The molecule has 1 aromatic carbocycles. The molecule has 1 aliphatic heterocycles. The van der Waals surface area contributed by atoms with E-state index in [2.05, 4.69) is 52.0 Å². The molecule has 6 heteroatoms. The zero-order valence-corrected chi connectivity index (χ0v) is 15.0. The number of rotatable bonds is 5. The number of benzene rings is 1. The van der Waals surface area contributed by atoms with Crippen molar-refractivity contribution in [3.63, 3.8) is 0 Å². The third-order valence-corrected chi connectivity index (χ3v) is 5.16. The fourth-order valence-corrected chi connectivity index (χ4v) is 3.61. The van der Waals surface area contributed by atoms with E-state index in [-0.39, 0.29) is 11.8 Å². The molecule has 0 radical (unpaired) electrons. The molecule has 1 aliphatic rings. The number of likely N-dealkylation sites (tertiary alicyclic amines) is 1. The lowest BCUT2D eigenvalue weighted by Crippen LogP contribution is -2.40. The van der Waals surface area contributed by atoms with E-state index in [0.717, 1.165) is 38.2 Å². The van der Waals surface area contributed by atoms with Gasteiger partial charge in [0.05, 0.1) is 5.52 Å². The van der Waals surface area contributed by atoms with Crippen molar-refractivity contribution in [3.8, 4) is 5.75 Å². The maximum absolute atomic E-state index is 11.7. The summed E-state index contributed by atoms with van der Waals surface area (Å²) < 4.78 is 10.1. The smallest absolute Gasteiger partial charge is 0.347 e. The van der Waals surface area contributed by atoms with Gasteiger partial charge in [-0.3, -0.25) is 4.57 Å². The van der Waals surface area contributed by atoms with Gasteiger partial charge >= 0.3 is 5.69 Å². The van der Waals surface area contributed by atoms with E-state index in [1.54, 1.807) is 16.8 Å². The molecule has 0 unspecified atom stereocenters. The summed E-state index contributed by atoms with van der Waals surface area (Å²) in [4.78, 5) is 17.9. The van der Waals surface area contributed by atoms with Crippen LogP contribution in [0.4, 0.5) is 0 Å². The molecule has 0 N–H and O–H groups in total. The van der Waals surface area contributed by atoms with Crippen LogP contribution < -0.4 is 10.4 Å². The van der Waals surface area contributed by atoms with Crippen LogP contribution in [0.3, 0.4) is 0 Å². The molecule has 0 atom stereocenters. The third-order valence-electron chi connectivity index (χ3n) is 5.16. The lowest BCUT2D eigenvalue weighted by Gasteiger charge is -2.32. The standard InChI is InChI=1S/C20H24N4O2/c1-22-11-8-17-18(22)4-2-5-19(17)26-16-6-12-23(13-7-16)14-15-24-10-3-9-21-20(24)25/h2-5,8-11,16H,6-7,12-15H2,1H3. The number of piperidine rings is 1. The molecule has 1 saturated heterocycles. The monoisotopic (exact) mass is 352 g/mol. The van der Waals surface area contributed by atoms with E-state index in [0.29, 0.717) is 6.54 Å². The number of hydrogen-bond donors (Lipinski definition) is 0. The van der Waals surface area contributed by atoms with Gasteiger partial charge in [0, 0.05) is 57.2 Å². The van der Waals surface area contributed by atoms with Gasteiger partial charge in [-0.25, -0.2) is 9.78 Å². The Labute approximate surface area is 152 Å². The number of aryl methyl sites for hydroxylation is 1. The van der Waals surface area contributed by atoms with Gasteiger partial charge in [0.25, 0.3) is 0 Å². The van der Waals surface area contributed by atoms with Crippen LogP contribution in [0.1, 0.15) is 12.8 Å². The fraction of sp³-hybridized carbons (Fsp3) is 0.400. The van der Waals surface area contributed by atoms with Gasteiger partial charge in [0.2, 0.25) is 0 Å². The summed E-state index contributed by atoms with van der Waals surface area (Å²) in [6, 6.07) is 10.1. The van der Waals surface area contributed by atoms with Crippen LogP contribution in [0, 0.1) is 0 Å². The van der Waals surface area contributed by atoms with Crippen molar-refractivity contribution >= 4 is 10.9 Å². The zero-order chi connectivity index (χ0) is 17.9. The van der Waals surface area contributed by atoms with Crippen LogP contribution in [-0.4, -0.2) is 44.8 Å². The first-order valence-electron chi connectivity index (χ1n) is 9.15. The summed E-state index contributed by atoms with van der Waals surface area (Å²) in [5.41, 5.74) is 1.02. The Hall–Kier alpha value is -2.60. The average Bonchev–Trinajstić information content (AvgIpc) is 3.05. The second kappa shape index (κ2) is 7.33. The number of nitrogens with zero attached hydrogens (tertiary/aromatic N) is 4. The second-order valence-electron chi connectivity index (χ2n) is 6.87. The molecular weight excluding hydrogens is 328 g/mol. The minimum atomic E-state index is -0.179. The van der Waals surface area contributed by atoms with Crippen LogP contribution >= 0.6 is 0 Å². The first kappa shape index (κ1) is 16.8. The zero-order valence-electron chi connectivity index (χ0n) is 15.0. The summed E-state index contributed by atoms with van der Waals surface area (Å²) in [5, 5.41) is 1.17. The molecule has 26 heavy (non-hydrogen) atoms. The van der Waals surface area contributed by atoms with Crippen molar-refractivity contribution in [2.75, 3.05) is 19.6 Å². The summed E-state index contributed by atoms with van der Waals surface area (Å²) in [6.07, 6.45) is 7.66. The third kappa shape index (κ3) is 3.51. The van der Waals surface area contributed by atoms with Gasteiger partial charge in [-0.05, 0) is 37.1 Å². The van der Waals surface area contributed by atoms with Crippen molar-refractivity contribution in [1.29, 1.82) is 0 Å². The topological polar surface area (TPSA) is 52.3 Å². The highest BCUT2D eigenvalue weighted by atomic mass is 16.5. The van der Waals surface area contributed by atoms with Crippen LogP contribution in [0.25, 0.3) is 10.9 Å². The van der Waals surface area contributed by atoms with Crippen LogP contribution in [-0.2, 0) is 13.6 Å². The normalized spacial score (nSPS) is 16.2. The van der Waals surface area contributed by atoms with Crippen molar-refractivity contribution in [2.24, 2.45) is 7.05 Å². The maximum atomic E-state index is 11.7. The Morgan fingerprint density at radius 3 is 2.77 bits per heavy atom. The number of aromatic nitrogens is 3. The second-order valence-corrected chi connectivity index (χ2v) is 6.87. The molecule has 136 valence electrons. The van der Waals surface area contributed by atoms with E-state index in [9.17, 15) is 4.79 Å². The average molecular weight is 352 g/mol. The van der Waals surface area contributed by atoms with Gasteiger partial charge < -0.3 is 14.2 Å². The van der Waals surface area contributed by atoms with E-state index in [4.69, 9.17) is 4.74 Å². The first-order chi connectivity index (χ1) is 12.7. The van der Waals surface area contributed by atoms with E-state index in [1.807, 2.05) is 0 Å². The van der Waals surface area contributed by atoms with Crippen molar-refractivity contribution in [2.45, 2.75) is 25.5 Å². The summed E-state index contributed by atoms with van der Waals surface area (Å²) in [5.74, 6) is 0.975. The van der Waals surface area contributed by atoms with E-state index >= 15 is 0 Å². The summed E-state index contributed by atoms with van der Waals surface area (Å²) >= 11 is 0. The van der Waals surface area contributed by atoms with Crippen LogP contribution in [0.2, 0.25) is 0 Å². The van der Waals surface area contributed by atoms with Crippen molar-refractivity contribution in [3.05, 3.63) is 59.4 Å². The summed E-state index contributed by atoms with van der Waals surface area (Å²) in [6.45, 7) is 3.53. The van der Waals surface area contributed by atoms with Gasteiger partial charge in [-0.1, -0.05) is 6.07 Å². The molecule has 0 bridgehead atoms. The highest BCUT2D eigenvalue weighted by Crippen LogP contribution is 2.28. The molecule has 3 aromatic rings. The van der Waals surface area contributed by atoms with E-state index in [1.165, 1.54) is 17.1 Å². The number of ether oxygens (including phenoxy) is 1. The molecule has 4 rings (SSSR count). The molecule has 0 amide bonds. The van der Waals surface area contributed by atoms with Crippen LogP contribution in [0.5, 0.6) is 5.75 Å². The number of fused-ring (bicyclic) bond motifs is 1. The Balaban J connectivity index is 1.32. The van der Waals surface area contributed by atoms with Crippen LogP contribution in [0.15, 0.2) is 53.7 Å². The number of hydrogen-bond acceptors (Lipinski definition) is 4. The molecule has 2 aromatic heterocycles. The van der Waals surface area contributed by atoms with Crippen molar-refractivity contribution in [1.82, 2.24) is 19.0 Å². The molecule has 3 heterocycles. The lowest BCUT2D eigenvalue weighted by molar-refractivity contribution is 0.0995. The Kier molecular flexibility index (Phi) is 4.75. The Morgan fingerprint density at radius 2 is 1.96 bits per heavy atom. The van der Waals surface area contributed by atoms with Crippen molar-refractivity contribution < 1.29 is 4.74 Å². The predicted octanol–water partition coefficient (Wildman–Crippen LogP) is 2.28. The molecule has 6 nitrogen and oxygen atoms in total. The fourth-order valence-electron chi connectivity index (χ4n) is 3.61. The van der Waals surface area contributed by atoms with Gasteiger partial charge in [-0.2, -0.15) is 0 Å². The minimum Gasteiger partial charge on any atom is -0.490 e. The molecule has 0 aliphatic carbocycles. The highest BCUT2D eigenvalue weighted by molar-refractivity contribution is 5.86. The lowest BCUT2D eigenvalue weighted by atomic mass is 10.1. The van der Waals surface area contributed by atoms with E-state index < -0.39 is 0 Å². The molecule has 1 fully saturated rings. The highest BCUT2D eigenvalue weighted by Gasteiger charge is 2.21. The van der Waals surface area contributed by atoms with Gasteiger partial charge in [0.15, 0.2) is 0 Å². The SMILES string of the molecule is Cn1ccc2c(OC3CCN(CCn4cccnc4=O)CC3)cccc21. The molecular formula is C20H24N4O2. The quantitative estimate of drug-likeness (QED) is 0.707. The first-order valence-corrected chi connectivity index (χ1v) is 9.15. The minimum absolute atomic E-state index is 0.179. The van der Waals surface area contributed by atoms with Gasteiger partial charge in [0.1, 0.15) is 11.9 Å². The summed E-state index contributed by atoms with van der Waals surface area (Å²) in [7, 11) is 2.05.